The molecule has 1 aliphatic heterocycles. The van der Waals surface area contributed by atoms with Crippen molar-refractivity contribution in [2.75, 3.05) is 24.6 Å². The molecule has 1 heterocycles. The molecule has 19 heavy (non-hydrogen) atoms. The Morgan fingerprint density at radius 1 is 1.53 bits per heavy atom. The van der Waals surface area contributed by atoms with Crippen molar-refractivity contribution >= 4 is 11.7 Å². The van der Waals surface area contributed by atoms with Crippen LogP contribution in [0, 0.1) is 5.92 Å². The first kappa shape index (κ1) is 13.9. The van der Waals surface area contributed by atoms with E-state index in [0.29, 0.717) is 13.2 Å². The van der Waals surface area contributed by atoms with Crippen LogP contribution in [0.5, 0.6) is 0 Å². The summed E-state index contributed by atoms with van der Waals surface area (Å²) in [6, 6.07) is 7.84. The number of nitrogens with zero attached hydrogens (tertiary/aromatic N) is 1. The molecule has 104 valence electrons. The lowest BCUT2D eigenvalue weighted by molar-refractivity contribution is -0.148. The van der Waals surface area contributed by atoms with E-state index in [2.05, 4.69) is 4.90 Å². The van der Waals surface area contributed by atoms with Crippen LogP contribution in [0.4, 0.5) is 5.69 Å². The summed E-state index contributed by atoms with van der Waals surface area (Å²) in [5, 5.41) is 9.18. The molecule has 1 aliphatic rings. The van der Waals surface area contributed by atoms with Gasteiger partial charge in [0.15, 0.2) is 0 Å². The minimum Gasteiger partial charge on any atom is -0.466 e. The summed E-state index contributed by atoms with van der Waals surface area (Å²) in [5.41, 5.74) is 1.97. The molecule has 2 rings (SSSR count). The normalized spacial score (nSPS) is 19.3. The van der Waals surface area contributed by atoms with Crippen molar-refractivity contribution in [1.29, 1.82) is 0 Å². The van der Waals surface area contributed by atoms with Crippen molar-refractivity contribution in [3.8, 4) is 0 Å². The second kappa shape index (κ2) is 6.57. The Bertz CT molecular complexity index is 433. The molecule has 0 radical (unpaired) electrons. The van der Waals surface area contributed by atoms with E-state index in [1.54, 1.807) is 0 Å². The molecule has 0 saturated carbocycles. The minimum absolute atomic E-state index is 0.0357. The molecule has 1 aromatic rings. The fraction of sp³-hybridized carbons (Fsp3) is 0.533. The van der Waals surface area contributed by atoms with Crippen LogP contribution in [0.2, 0.25) is 0 Å². The molecule has 0 unspecified atom stereocenters. The van der Waals surface area contributed by atoms with Crippen molar-refractivity contribution < 1.29 is 14.6 Å². The second-order valence-electron chi connectivity index (χ2n) is 4.87. The van der Waals surface area contributed by atoms with E-state index in [4.69, 9.17) is 4.74 Å². The van der Waals surface area contributed by atoms with Crippen molar-refractivity contribution in [2.24, 2.45) is 5.92 Å². The fourth-order valence-corrected chi connectivity index (χ4v) is 2.52. The predicted molar refractivity (Wildman–Crippen MR) is 73.9 cm³/mol. The Morgan fingerprint density at radius 3 is 3.11 bits per heavy atom. The number of esters is 1. The number of hydrogen-bond acceptors (Lipinski definition) is 4. The lowest BCUT2D eigenvalue weighted by atomic mass is 9.97. The lowest BCUT2D eigenvalue weighted by Gasteiger charge is -2.33. The van der Waals surface area contributed by atoms with Gasteiger partial charge in [0.2, 0.25) is 0 Å². The summed E-state index contributed by atoms with van der Waals surface area (Å²) >= 11 is 0. The summed E-state index contributed by atoms with van der Waals surface area (Å²) < 4.78 is 5.10. The number of rotatable bonds is 4. The summed E-state index contributed by atoms with van der Waals surface area (Å²) in [6.45, 7) is 3.97. The van der Waals surface area contributed by atoms with Crippen molar-refractivity contribution in [2.45, 2.75) is 26.4 Å². The third-order valence-corrected chi connectivity index (χ3v) is 3.50. The number of aliphatic hydroxyl groups is 1. The fourth-order valence-electron chi connectivity index (χ4n) is 2.52. The van der Waals surface area contributed by atoms with Crippen molar-refractivity contribution in [1.82, 2.24) is 0 Å². The first-order valence-corrected chi connectivity index (χ1v) is 6.86. The topological polar surface area (TPSA) is 49.8 Å². The van der Waals surface area contributed by atoms with Crippen LogP contribution < -0.4 is 4.90 Å². The lowest BCUT2D eigenvalue weighted by Crippen LogP contribution is -2.39. The van der Waals surface area contributed by atoms with Crippen LogP contribution in [-0.2, 0) is 16.1 Å². The maximum Gasteiger partial charge on any atom is 0.310 e. The van der Waals surface area contributed by atoms with Gasteiger partial charge in [0.05, 0.1) is 19.1 Å². The summed E-state index contributed by atoms with van der Waals surface area (Å²) in [6.07, 6.45) is 1.89. The van der Waals surface area contributed by atoms with Gasteiger partial charge >= 0.3 is 5.97 Å². The first-order chi connectivity index (χ1) is 9.24. The highest BCUT2D eigenvalue weighted by Crippen LogP contribution is 2.24. The molecule has 4 nitrogen and oxygen atoms in total. The van der Waals surface area contributed by atoms with Crippen LogP contribution in [0.25, 0.3) is 0 Å². The van der Waals surface area contributed by atoms with Crippen molar-refractivity contribution in [3.05, 3.63) is 29.8 Å². The van der Waals surface area contributed by atoms with Crippen LogP contribution in [0.1, 0.15) is 25.3 Å². The zero-order valence-corrected chi connectivity index (χ0v) is 11.3. The van der Waals surface area contributed by atoms with Gasteiger partial charge in [0, 0.05) is 18.8 Å². The summed E-state index contributed by atoms with van der Waals surface area (Å²) in [7, 11) is 0. The zero-order valence-electron chi connectivity index (χ0n) is 11.3. The molecule has 1 atom stereocenters. The van der Waals surface area contributed by atoms with Gasteiger partial charge in [-0.1, -0.05) is 12.1 Å². The minimum atomic E-state index is -0.0921. The number of aliphatic hydroxyl groups excluding tert-OH is 1. The van der Waals surface area contributed by atoms with E-state index >= 15 is 0 Å². The highest BCUT2D eigenvalue weighted by molar-refractivity contribution is 5.73. The van der Waals surface area contributed by atoms with E-state index in [1.165, 1.54) is 0 Å². The van der Waals surface area contributed by atoms with Gasteiger partial charge in [-0.25, -0.2) is 0 Å². The van der Waals surface area contributed by atoms with E-state index in [1.807, 2.05) is 31.2 Å². The van der Waals surface area contributed by atoms with Gasteiger partial charge in [-0.15, -0.1) is 0 Å². The van der Waals surface area contributed by atoms with Gasteiger partial charge in [-0.3, -0.25) is 4.79 Å². The Hall–Kier alpha value is -1.55. The molecule has 1 N–H and O–H groups in total. The second-order valence-corrected chi connectivity index (χ2v) is 4.87. The molecule has 0 aliphatic carbocycles. The van der Waals surface area contributed by atoms with Gasteiger partial charge in [-0.2, -0.15) is 0 Å². The van der Waals surface area contributed by atoms with E-state index in [0.717, 1.165) is 30.6 Å². The third kappa shape index (κ3) is 3.47. The van der Waals surface area contributed by atoms with Crippen molar-refractivity contribution in [3.63, 3.8) is 0 Å². The molecule has 0 bridgehead atoms. The number of ether oxygens (including phenoxy) is 1. The molecule has 4 heteroatoms. The molecule has 1 fully saturated rings. The highest BCUT2D eigenvalue weighted by atomic mass is 16.5. The van der Waals surface area contributed by atoms with Crippen LogP contribution in [0.15, 0.2) is 24.3 Å². The average Bonchev–Trinajstić information content (AvgIpc) is 2.48. The standard InChI is InChI=1S/C15H21NO3/c1-2-19-15(18)13-6-4-8-16(10-13)14-7-3-5-12(9-14)11-17/h3,5,7,9,13,17H,2,4,6,8,10-11H2,1H3/t13-/m1/s1. The highest BCUT2D eigenvalue weighted by Gasteiger charge is 2.26. The molecular weight excluding hydrogens is 242 g/mol. The number of carbonyl (C=O) groups is 1. The summed E-state index contributed by atoms with van der Waals surface area (Å²) in [4.78, 5) is 14.0. The Balaban J connectivity index is 2.05. The van der Waals surface area contributed by atoms with Crippen LogP contribution >= 0.6 is 0 Å². The molecule has 1 aromatic carbocycles. The Morgan fingerprint density at radius 2 is 2.37 bits per heavy atom. The third-order valence-electron chi connectivity index (χ3n) is 3.50. The monoisotopic (exact) mass is 263 g/mol. The summed E-state index contributed by atoms with van der Waals surface area (Å²) in [5.74, 6) is -0.128. The molecule has 0 amide bonds. The molecule has 1 saturated heterocycles. The molecular formula is C15H21NO3. The number of carbonyl (C=O) groups excluding carboxylic acids is 1. The van der Waals surface area contributed by atoms with E-state index < -0.39 is 0 Å². The number of hydrogen-bond donors (Lipinski definition) is 1. The largest absolute Gasteiger partial charge is 0.466 e. The van der Waals surface area contributed by atoms with Gasteiger partial charge in [0.25, 0.3) is 0 Å². The van der Waals surface area contributed by atoms with Gasteiger partial charge in [-0.05, 0) is 37.5 Å². The number of benzene rings is 1. The van der Waals surface area contributed by atoms with E-state index in [-0.39, 0.29) is 18.5 Å². The Labute approximate surface area is 114 Å². The number of piperidine rings is 1. The maximum atomic E-state index is 11.8. The smallest absolute Gasteiger partial charge is 0.310 e. The van der Waals surface area contributed by atoms with Gasteiger partial charge < -0.3 is 14.7 Å². The SMILES string of the molecule is CCOC(=O)[C@@H]1CCCN(c2cccc(CO)c2)C1. The first-order valence-electron chi connectivity index (χ1n) is 6.86. The van der Waals surface area contributed by atoms with Gasteiger partial charge in [0.1, 0.15) is 0 Å². The Kier molecular flexibility index (Phi) is 4.80. The van der Waals surface area contributed by atoms with Crippen LogP contribution in [0.3, 0.4) is 0 Å². The molecule has 0 aromatic heterocycles. The zero-order chi connectivity index (χ0) is 13.7. The predicted octanol–water partition coefficient (Wildman–Crippen LogP) is 1.96. The quantitative estimate of drug-likeness (QED) is 0.844. The van der Waals surface area contributed by atoms with E-state index in [9.17, 15) is 9.90 Å². The average molecular weight is 263 g/mol. The number of anilines is 1. The molecule has 0 spiro atoms. The maximum absolute atomic E-state index is 11.8. The van der Waals surface area contributed by atoms with Crippen LogP contribution in [-0.4, -0.2) is 30.8 Å².